The fourth-order valence-electron chi connectivity index (χ4n) is 3.21. The highest BCUT2D eigenvalue weighted by Crippen LogP contribution is 2.28. The Morgan fingerprint density at radius 1 is 0.857 bits per heavy atom. The van der Waals surface area contributed by atoms with Gasteiger partial charge in [-0.05, 0) is 55.6 Å². The lowest BCUT2D eigenvalue weighted by atomic mass is 9.95. The average Bonchev–Trinajstić information content (AvgIpc) is 2.55. The van der Waals surface area contributed by atoms with Crippen LogP contribution in [-0.2, 0) is 6.42 Å². The van der Waals surface area contributed by atoms with Gasteiger partial charge in [-0.25, -0.2) is 4.39 Å². The Balaban J connectivity index is 1.84. The van der Waals surface area contributed by atoms with Gasteiger partial charge in [-0.3, -0.25) is 4.90 Å². The molecule has 2 aromatic carbocycles. The molecule has 1 aliphatic heterocycles. The largest absolute Gasteiger partial charge is 0.296 e. The summed E-state index contributed by atoms with van der Waals surface area (Å²) in [6.07, 6.45) is 4.86. The zero-order chi connectivity index (χ0) is 14.5. The van der Waals surface area contributed by atoms with Gasteiger partial charge in [-0.15, -0.1) is 0 Å². The summed E-state index contributed by atoms with van der Waals surface area (Å²) in [6.45, 7) is 2.30. The molecule has 0 spiro atoms. The second-order valence-electron chi connectivity index (χ2n) is 5.85. The van der Waals surface area contributed by atoms with Gasteiger partial charge in [0.15, 0.2) is 0 Å². The Kier molecular flexibility index (Phi) is 4.66. The molecule has 1 heterocycles. The molecule has 0 radical (unpaired) electrons. The molecular weight excluding hydrogens is 261 g/mol. The molecule has 0 saturated carbocycles. The highest BCUT2D eigenvalue weighted by molar-refractivity contribution is 5.24. The first kappa shape index (κ1) is 14.3. The molecule has 1 atom stereocenters. The van der Waals surface area contributed by atoms with Gasteiger partial charge in [0, 0.05) is 6.04 Å². The first-order valence-corrected chi connectivity index (χ1v) is 7.86. The minimum absolute atomic E-state index is 0.157. The Bertz CT molecular complexity index is 544. The lowest BCUT2D eigenvalue weighted by Crippen LogP contribution is -2.34. The van der Waals surface area contributed by atoms with Crippen LogP contribution in [0.1, 0.15) is 36.4 Å². The molecule has 110 valence electrons. The van der Waals surface area contributed by atoms with Crippen LogP contribution in [0.4, 0.5) is 4.39 Å². The van der Waals surface area contributed by atoms with E-state index < -0.39 is 0 Å². The highest BCUT2D eigenvalue weighted by atomic mass is 19.1. The van der Waals surface area contributed by atoms with Crippen LogP contribution in [0.2, 0.25) is 0 Å². The third-order valence-corrected chi connectivity index (χ3v) is 4.36. The van der Waals surface area contributed by atoms with E-state index in [2.05, 4.69) is 35.2 Å². The number of piperidine rings is 1. The number of nitrogens with zero attached hydrogens (tertiary/aromatic N) is 1. The zero-order valence-electron chi connectivity index (χ0n) is 12.3. The Morgan fingerprint density at radius 2 is 1.52 bits per heavy atom. The quantitative estimate of drug-likeness (QED) is 0.793. The molecule has 2 heteroatoms. The van der Waals surface area contributed by atoms with Crippen molar-refractivity contribution in [3.05, 3.63) is 71.5 Å². The summed E-state index contributed by atoms with van der Waals surface area (Å²) in [5.74, 6) is -0.157. The van der Waals surface area contributed by atoms with Crippen molar-refractivity contribution in [3.63, 3.8) is 0 Å². The van der Waals surface area contributed by atoms with E-state index in [1.165, 1.54) is 30.4 Å². The molecule has 2 aromatic rings. The number of hydrogen-bond acceptors (Lipinski definition) is 1. The predicted octanol–water partition coefficient (Wildman–Crippen LogP) is 4.60. The summed E-state index contributed by atoms with van der Waals surface area (Å²) in [6, 6.07) is 18.0. The summed E-state index contributed by atoms with van der Waals surface area (Å²) < 4.78 is 13.2. The van der Waals surface area contributed by atoms with Crippen LogP contribution in [0.15, 0.2) is 54.6 Å². The van der Waals surface area contributed by atoms with E-state index in [9.17, 15) is 4.39 Å². The van der Waals surface area contributed by atoms with E-state index in [-0.39, 0.29) is 5.82 Å². The van der Waals surface area contributed by atoms with Gasteiger partial charge >= 0.3 is 0 Å². The number of hydrogen-bond donors (Lipinski definition) is 0. The predicted molar refractivity (Wildman–Crippen MR) is 84.7 cm³/mol. The smallest absolute Gasteiger partial charge is 0.123 e. The van der Waals surface area contributed by atoms with Crippen molar-refractivity contribution in [2.45, 2.75) is 31.7 Å². The third kappa shape index (κ3) is 3.70. The van der Waals surface area contributed by atoms with Crippen LogP contribution in [0, 0.1) is 5.82 Å². The highest BCUT2D eigenvalue weighted by Gasteiger charge is 2.22. The SMILES string of the molecule is Fc1ccc(C(Cc2ccccc2)N2CCCCC2)cc1. The maximum absolute atomic E-state index is 13.2. The molecule has 1 fully saturated rings. The minimum Gasteiger partial charge on any atom is -0.296 e. The Morgan fingerprint density at radius 3 is 2.19 bits per heavy atom. The maximum atomic E-state index is 13.2. The van der Waals surface area contributed by atoms with Gasteiger partial charge < -0.3 is 0 Å². The monoisotopic (exact) mass is 283 g/mol. The Hall–Kier alpha value is -1.67. The summed E-state index contributed by atoms with van der Waals surface area (Å²) >= 11 is 0. The van der Waals surface area contributed by atoms with Crippen molar-refractivity contribution >= 4 is 0 Å². The van der Waals surface area contributed by atoms with E-state index in [1.807, 2.05) is 12.1 Å². The molecule has 1 saturated heterocycles. The van der Waals surface area contributed by atoms with E-state index in [4.69, 9.17) is 0 Å². The van der Waals surface area contributed by atoms with E-state index >= 15 is 0 Å². The molecule has 0 aliphatic carbocycles. The van der Waals surface area contributed by atoms with Crippen molar-refractivity contribution in [2.24, 2.45) is 0 Å². The molecule has 1 nitrogen and oxygen atoms in total. The van der Waals surface area contributed by atoms with E-state index in [1.54, 1.807) is 12.1 Å². The number of likely N-dealkylation sites (tertiary alicyclic amines) is 1. The molecule has 1 aliphatic rings. The topological polar surface area (TPSA) is 3.24 Å². The van der Waals surface area contributed by atoms with Gasteiger partial charge in [-0.1, -0.05) is 48.9 Å². The molecule has 1 unspecified atom stereocenters. The lowest BCUT2D eigenvalue weighted by molar-refractivity contribution is 0.162. The molecule has 21 heavy (non-hydrogen) atoms. The van der Waals surface area contributed by atoms with Gasteiger partial charge in [0.2, 0.25) is 0 Å². The number of benzene rings is 2. The molecule has 0 amide bonds. The van der Waals surface area contributed by atoms with Crippen molar-refractivity contribution < 1.29 is 4.39 Å². The van der Waals surface area contributed by atoms with Crippen molar-refractivity contribution in [2.75, 3.05) is 13.1 Å². The summed E-state index contributed by atoms with van der Waals surface area (Å²) in [7, 11) is 0. The molecule has 0 N–H and O–H groups in total. The second kappa shape index (κ2) is 6.86. The number of rotatable bonds is 4. The Labute approximate surface area is 126 Å². The van der Waals surface area contributed by atoms with E-state index in [0.29, 0.717) is 6.04 Å². The fourth-order valence-corrected chi connectivity index (χ4v) is 3.21. The van der Waals surface area contributed by atoms with Crippen LogP contribution < -0.4 is 0 Å². The van der Waals surface area contributed by atoms with Crippen molar-refractivity contribution in [3.8, 4) is 0 Å². The number of halogens is 1. The average molecular weight is 283 g/mol. The van der Waals surface area contributed by atoms with Gasteiger partial charge in [0.1, 0.15) is 5.82 Å². The van der Waals surface area contributed by atoms with Crippen LogP contribution in [-0.4, -0.2) is 18.0 Å². The molecular formula is C19H22FN. The first-order valence-electron chi connectivity index (χ1n) is 7.86. The van der Waals surface area contributed by atoms with Crippen LogP contribution in [0.25, 0.3) is 0 Å². The van der Waals surface area contributed by atoms with Crippen LogP contribution >= 0.6 is 0 Å². The first-order chi connectivity index (χ1) is 10.3. The second-order valence-corrected chi connectivity index (χ2v) is 5.85. The molecule has 0 aromatic heterocycles. The van der Waals surface area contributed by atoms with Gasteiger partial charge in [0.25, 0.3) is 0 Å². The van der Waals surface area contributed by atoms with Gasteiger partial charge in [0.05, 0.1) is 0 Å². The normalized spacial score (nSPS) is 17.6. The minimum atomic E-state index is -0.157. The van der Waals surface area contributed by atoms with Gasteiger partial charge in [-0.2, -0.15) is 0 Å². The molecule has 0 bridgehead atoms. The molecule has 3 rings (SSSR count). The van der Waals surface area contributed by atoms with Crippen LogP contribution in [0.3, 0.4) is 0 Å². The third-order valence-electron chi connectivity index (χ3n) is 4.36. The lowest BCUT2D eigenvalue weighted by Gasteiger charge is -2.35. The zero-order valence-corrected chi connectivity index (χ0v) is 12.3. The van der Waals surface area contributed by atoms with Crippen LogP contribution in [0.5, 0.6) is 0 Å². The van der Waals surface area contributed by atoms with Crippen molar-refractivity contribution in [1.29, 1.82) is 0 Å². The summed E-state index contributed by atoms with van der Waals surface area (Å²) in [5.41, 5.74) is 2.57. The fraction of sp³-hybridized carbons (Fsp3) is 0.368. The summed E-state index contributed by atoms with van der Waals surface area (Å²) in [4.78, 5) is 2.56. The summed E-state index contributed by atoms with van der Waals surface area (Å²) in [5, 5.41) is 0. The maximum Gasteiger partial charge on any atom is 0.123 e. The standard InChI is InChI=1S/C19H22FN/c20-18-11-9-17(10-12-18)19(21-13-5-2-6-14-21)15-16-7-3-1-4-8-16/h1,3-4,7-12,19H,2,5-6,13-15H2. The van der Waals surface area contributed by atoms with E-state index in [0.717, 1.165) is 19.5 Å². The van der Waals surface area contributed by atoms with Crippen molar-refractivity contribution in [1.82, 2.24) is 4.90 Å².